The van der Waals surface area contributed by atoms with Crippen molar-refractivity contribution in [3.63, 3.8) is 0 Å². The van der Waals surface area contributed by atoms with Crippen LogP contribution in [0.5, 0.6) is 0 Å². The molecule has 5 heterocycles. The van der Waals surface area contributed by atoms with Crippen LogP contribution < -0.4 is 40.4 Å². The van der Waals surface area contributed by atoms with E-state index < -0.39 is 208 Å². The zero-order valence-electron chi connectivity index (χ0n) is 47.7. The van der Waals surface area contributed by atoms with Crippen LogP contribution in [-0.4, -0.2) is 291 Å². The topological polar surface area (TPSA) is 546 Å². The minimum absolute atomic E-state index is 0. The summed E-state index contributed by atoms with van der Waals surface area (Å²) in [6.07, 6.45) is -27.9. The number of aliphatic hydroxyl groups excluding tert-OH is 15. The molecule has 0 spiro atoms. The number of hydrogen-bond donors (Lipinski definition) is 16. The molecular weight excluding hydrogens is 1130 g/mol. The molecule has 9 unspecified atom stereocenters. The average Bonchev–Trinajstić information content (AvgIpc) is 3.97. The molecular formula is C50H86NNaO31. The van der Waals surface area contributed by atoms with Crippen LogP contribution in [0.4, 0.5) is 0 Å². The molecule has 24 atom stereocenters. The van der Waals surface area contributed by atoms with Gasteiger partial charge >= 0.3 is 53.4 Å². The Morgan fingerprint density at radius 1 is 0.542 bits per heavy atom. The molecule has 0 aromatic carbocycles. The molecule has 5 saturated heterocycles. The molecule has 17 N–H and O–H groups in total. The smallest absolute Gasteiger partial charge is 0.547 e. The van der Waals surface area contributed by atoms with E-state index in [4.69, 9.17) is 64.1 Å². The number of unbranched alkanes of at least 4 members (excludes halogenated alkanes) is 2. The van der Waals surface area contributed by atoms with Gasteiger partial charge in [-0.05, 0) is 25.8 Å². The van der Waals surface area contributed by atoms with Gasteiger partial charge < -0.3 is 130 Å². The number of carboxylic acid groups (broad SMARTS) is 1. The van der Waals surface area contributed by atoms with Gasteiger partial charge in [0, 0.05) is 39.5 Å². The fourth-order valence-electron chi connectivity index (χ4n) is 8.54. The van der Waals surface area contributed by atoms with Gasteiger partial charge in [0.25, 0.3) is 0 Å². The van der Waals surface area contributed by atoms with Crippen molar-refractivity contribution in [3.05, 3.63) is 0 Å². The molecule has 5 fully saturated rings. The fourth-order valence-corrected chi connectivity index (χ4v) is 8.54. The van der Waals surface area contributed by atoms with Crippen LogP contribution in [0.2, 0.25) is 0 Å². The summed E-state index contributed by atoms with van der Waals surface area (Å²) in [5, 5.41) is 152. The molecule has 0 radical (unpaired) electrons. The van der Waals surface area contributed by atoms with Crippen molar-refractivity contribution in [1.82, 2.24) is 0 Å². The summed E-state index contributed by atoms with van der Waals surface area (Å²) in [4.78, 5) is 79.3. The molecule has 5 rings (SSSR count). The van der Waals surface area contributed by atoms with Gasteiger partial charge in [0.05, 0.1) is 31.9 Å². The Bertz CT molecular complexity index is 1890. The molecule has 0 bridgehead atoms. The first kappa shape index (κ1) is 79.9. The zero-order valence-corrected chi connectivity index (χ0v) is 49.7. The maximum Gasteiger partial charge on any atom is 1.00 e. The van der Waals surface area contributed by atoms with Gasteiger partial charge in [0.1, 0.15) is 129 Å². The van der Waals surface area contributed by atoms with E-state index in [1.165, 1.54) is 13.8 Å². The average molecular weight is 1220 g/mol. The summed E-state index contributed by atoms with van der Waals surface area (Å²) in [5.41, 5.74) is 5.03. The van der Waals surface area contributed by atoms with Crippen molar-refractivity contribution in [2.75, 3.05) is 33.0 Å². The third-order valence-corrected chi connectivity index (χ3v) is 13.4. The first-order valence-electron chi connectivity index (χ1n) is 26.6. The predicted octanol–water partition coefficient (Wildman–Crippen LogP) is -12.1. The van der Waals surface area contributed by atoms with Crippen LogP contribution in [0.3, 0.4) is 0 Å². The predicted molar refractivity (Wildman–Crippen MR) is 268 cm³/mol. The molecule has 5 aliphatic heterocycles. The monoisotopic (exact) mass is 1220 g/mol. The van der Waals surface area contributed by atoms with Crippen LogP contribution >= 0.6 is 0 Å². The number of aliphatic carboxylic acids is 1. The Balaban J connectivity index is 0.00000106. The van der Waals surface area contributed by atoms with E-state index >= 15 is 0 Å². The molecule has 0 aromatic heterocycles. The Hall–Kier alpha value is -3.11. The Morgan fingerprint density at radius 2 is 0.904 bits per heavy atom. The van der Waals surface area contributed by atoms with Gasteiger partial charge in [-0.25, -0.2) is 4.79 Å². The molecule has 0 aliphatic carbocycles. The summed E-state index contributed by atoms with van der Waals surface area (Å²) < 4.78 is 41.2. The number of nitrogens with two attached hydrogens (primary N) is 1. The summed E-state index contributed by atoms with van der Waals surface area (Å²) in [7, 11) is 0. The molecule has 83 heavy (non-hydrogen) atoms. The second-order valence-corrected chi connectivity index (χ2v) is 19.8. The number of rotatable bonds is 20. The van der Waals surface area contributed by atoms with Crippen LogP contribution in [0.1, 0.15) is 93.4 Å². The van der Waals surface area contributed by atoms with E-state index in [9.17, 15) is 94.8 Å². The van der Waals surface area contributed by atoms with Crippen molar-refractivity contribution in [2.24, 2.45) is 11.7 Å². The van der Waals surface area contributed by atoms with Crippen molar-refractivity contribution in [2.45, 2.75) is 234 Å². The molecule has 478 valence electrons. The molecule has 0 aromatic rings. The van der Waals surface area contributed by atoms with E-state index in [1.54, 1.807) is 6.92 Å². The largest absolute Gasteiger partial charge is 1.00 e. The van der Waals surface area contributed by atoms with Crippen LogP contribution in [0, 0.1) is 5.92 Å². The quantitative estimate of drug-likeness (QED) is 0.0306. The van der Waals surface area contributed by atoms with Gasteiger partial charge in [0.2, 0.25) is 6.10 Å². The summed E-state index contributed by atoms with van der Waals surface area (Å²) >= 11 is 0. The third kappa shape index (κ3) is 23.5. The van der Waals surface area contributed by atoms with Gasteiger partial charge in [0.15, 0.2) is 17.7 Å². The van der Waals surface area contributed by atoms with Gasteiger partial charge in [-0.15, -0.1) is 0 Å². The van der Waals surface area contributed by atoms with E-state index in [0.717, 1.165) is 32.7 Å². The van der Waals surface area contributed by atoms with E-state index in [-0.39, 0.29) is 49.0 Å². The fraction of sp³-hybridized carbons (Fsp3) is 0.860. The van der Waals surface area contributed by atoms with Gasteiger partial charge in [-0.1, -0.05) is 40.5 Å². The maximum absolute atomic E-state index is 12.0. The number of carboxylic acids is 1. The number of hydrogen-bond acceptors (Lipinski definition) is 32. The maximum atomic E-state index is 12.0. The number of ether oxygens (including phenoxy) is 8. The Morgan fingerprint density at radius 3 is 1.20 bits per heavy atom. The van der Waals surface area contributed by atoms with Gasteiger partial charge in [-0.3, -0.25) is 24.0 Å². The zero-order chi connectivity index (χ0) is 63.0. The number of fused-ring (bicyclic) bond motifs is 1. The minimum Gasteiger partial charge on any atom is -0.547 e. The summed E-state index contributed by atoms with van der Waals surface area (Å²) in [6.45, 7) is 10.1. The van der Waals surface area contributed by atoms with Crippen LogP contribution in [-0.2, 0) is 71.5 Å². The molecule has 0 saturated carbocycles. The molecule has 0 amide bonds. The van der Waals surface area contributed by atoms with Crippen molar-refractivity contribution in [3.8, 4) is 0 Å². The Kier molecular flexibility index (Phi) is 38.1. The number of carbonyl (C=O) groups excluding carboxylic acids is 7. The van der Waals surface area contributed by atoms with Crippen LogP contribution in [0.25, 0.3) is 0 Å². The summed E-state index contributed by atoms with van der Waals surface area (Å²) in [6, 6.07) is 0. The molecule has 32 nitrogen and oxygen atoms in total. The number of ketones is 2. The van der Waals surface area contributed by atoms with Crippen molar-refractivity contribution < 1.29 is 183 Å². The van der Waals surface area contributed by atoms with Gasteiger partial charge in [-0.2, -0.15) is 0 Å². The standard InChI is InChI=1S/C15H20O9.2C12H22O7.C8H14O8.C3H9N.Na/c1-6-10(5-20-7(2)16)23-13-12(11(6)21-8(3)17)24-15(19)14(13)22-9(4)18;2*1-2-3-4-6(14)8(15)12-11(18)10(17)9(16)7(5-13)19-12;9-1-2-3(10)4(11)5(12)7(16-2)6(13)8(14)15;1-2-3-4;/h6,10-14H,5H2,1-4H3;2*7-13,15-18H,2-5H2,1H3;2-7,9-13H,1H2,(H,14,15);2-4H2,1H3;/q;;;;;+1/p-1/t6-,10-,11+,12?,13?,14?;2*7-,8?,9-,10+,11-,12?;2-,3-,4+,5-,6?,7?;;/m1111../s1. The number of Topliss-reactive ketones (excluding diaryl/α,β-unsaturated/α-hetero) is 2. The number of aliphatic hydroxyl groups is 15. The van der Waals surface area contributed by atoms with E-state index in [1.807, 2.05) is 13.8 Å². The first-order valence-corrected chi connectivity index (χ1v) is 26.6. The molecule has 5 aliphatic rings. The van der Waals surface area contributed by atoms with Crippen molar-refractivity contribution in [1.29, 1.82) is 0 Å². The normalized spacial score (nSPS) is 35.4. The number of carbonyl (C=O) groups is 7. The van der Waals surface area contributed by atoms with E-state index in [2.05, 4.69) is 6.92 Å². The molecule has 33 heteroatoms. The second-order valence-electron chi connectivity index (χ2n) is 19.8. The second kappa shape index (κ2) is 39.6. The SMILES string of the molecule is CC(=O)OC[C@H]1OC2C(OC(C)=O)C(=O)OC2[C@@H](OC(C)=O)[C@@H]1C.CCCCC(=O)C(O)C1O[C@H](CO)[C@@H](O)[C@H](O)[C@H]1O.CCCCC(=O)C(O)C1O[C@H](CO)[C@@H](O)[C@H](O)[C@H]1O.CCCN.O=C([O-])C(O)C1O[C@H](CO)[C@@H](O)[C@H](O)[C@H]1O.[Na+]. The third-order valence-electron chi connectivity index (χ3n) is 13.4. The minimum atomic E-state index is -2.16. The van der Waals surface area contributed by atoms with Crippen LogP contribution in [0.15, 0.2) is 0 Å². The summed E-state index contributed by atoms with van der Waals surface area (Å²) in [5.74, 6) is -5.75. The first-order chi connectivity index (χ1) is 38.4. The van der Waals surface area contributed by atoms with Crippen molar-refractivity contribution >= 4 is 41.4 Å². The Labute approximate surface area is 500 Å². The number of esters is 4. The van der Waals surface area contributed by atoms with E-state index in [0.29, 0.717) is 12.8 Å².